The van der Waals surface area contributed by atoms with E-state index in [0.717, 1.165) is 5.92 Å². The Labute approximate surface area is 83.2 Å². The van der Waals surface area contributed by atoms with Crippen LogP contribution in [0.3, 0.4) is 0 Å². The summed E-state index contributed by atoms with van der Waals surface area (Å²) in [6.45, 7) is 4.83. The maximum absolute atomic E-state index is 3.52. The Kier molecular flexibility index (Phi) is 1.59. The minimum absolute atomic E-state index is 0.509. The van der Waals surface area contributed by atoms with E-state index in [0.29, 0.717) is 5.41 Å². The van der Waals surface area contributed by atoms with Crippen LogP contribution in [0.4, 0.5) is 0 Å². The van der Waals surface area contributed by atoms with E-state index in [-0.39, 0.29) is 0 Å². The predicted molar refractivity (Wildman–Crippen MR) is 56.4 cm³/mol. The van der Waals surface area contributed by atoms with Gasteiger partial charge in [0, 0.05) is 12.0 Å². The first-order valence-corrected chi connectivity index (χ1v) is 6.03. The first-order chi connectivity index (χ1) is 6.33. The van der Waals surface area contributed by atoms with Gasteiger partial charge in [0.25, 0.3) is 0 Å². The van der Waals surface area contributed by atoms with E-state index in [1.807, 2.05) is 11.3 Å². The quantitative estimate of drug-likeness (QED) is 0.666. The summed E-state index contributed by atoms with van der Waals surface area (Å²) in [4.78, 5) is 0. The number of fused-ring (bicyclic) bond motifs is 2. The third-order valence-corrected chi connectivity index (χ3v) is 4.73. The number of rotatable bonds is 0. The highest BCUT2D eigenvalue weighted by Gasteiger charge is 2.46. The van der Waals surface area contributed by atoms with E-state index in [2.05, 4.69) is 23.0 Å². The van der Waals surface area contributed by atoms with Crippen LogP contribution in [0.5, 0.6) is 0 Å². The third-order valence-electron chi connectivity index (χ3n) is 3.94. The van der Waals surface area contributed by atoms with Crippen LogP contribution in [-0.4, -0.2) is 13.1 Å². The van der Waals surface area contributed by atoms with Gasteiger partial charge in [-0.2, -0.15) is 11.3 Å². The fraction of sp³-hybridized carbons (Fsp3) is 0.636. The van der Waals surface area contributed by atoms with Crippen molar-refractivity contribution in [1.29, 1.82) is 0 Å². The molecule has 0 bridgehead atoms. The summed E-state index contributed by atoms with van der Waals surface area (Å²) >= 11 is 1.88. The molecule has 1 saturated heterocycles. The van der Waals surface area contributed by atoms with Crippen LogP contribution in [0.1, 0.15) is 24.5 Å². The highest BCUT2D eigenvalue weighted by Crippen LogP contribution is 2.48. The molecule has 1 nitrogen and oxygen atoms in total. The van der Waals surface area contributed by atoms with E-state index >= 15 is 0 Å². The van der Waals surface area contributed by atoms with Crippen LogP contribution in [0.15, 0.2) is 10.8 Å². The molecule has 70 valence electrons. The molecule has 3 rings (SSSR count). The van der Waals surface area contributed by atoms with Crippen molar-refractivity contribution < 1.29 is 0 Å². The Balaban J connectivity index is 2.12. The van der Waals surface area contributed by atoms with E-state index in [4.69, 9.17) is 0 Å². The van der Waals surface area contributed by atoms with Crippen LogP contribution in [-0.2, 0) is 11.8 Å². The van der Waals surface area contributed by atoms with Crippen molar-refractivity contribution in [1.82, 2.24) is 5.32 Å². The van der Waals surface area contributed by atoms with E-state index in [9.17, 15) is 0 Å². The lowest BCUT2D eigenvalue weighted by atomic mass is 9.76. The lowest BCUT2D eigenvalue weighted by Gasteiger charge is -2.28. The van der Waals surface area contributed by atoms with E-state index < -0.39 is 0 Å². The summed E-state index contributed by atoms with van der Waals surface area (Å²) in [5, 5.41) is 8.25. The van der Waals surface area contributed by atoms with Gasteiger partial charge in [0.15, 0.2) is 0 Å². The zero-order chi connectivity index (χ0) is 8.89. The van der Waals surface area contributed by atoms with E-state index in [1.165, 1.54) is 25.9 Å². The van der Waals surface area contributed by atoms with Gasteiger partial charge in [0.2, 0.25) is 0 Å². The standard InChI is InChI=1S/C11H15NS/c1-8-4-9-5-13-6-10(9)11(8)2-3-12-7-11/h5-6,8,12H,2-4,7H2,1H3. The van der Waals surface area contributed by atoms with Crippen LogP contribution in [0.2, 0.25) is 0 Å². The topological polar surface area (TPSA) is 12.0 Å². The molecule has 1 aliphatic heterocycles. The molecule has 1 aromatic rings. The summed E-state index contributed by atoms with van der Waals surface area (Å²) in [7, 11) is 0. The summed E-state index contributed by atoms with van der Waals surface area (Å²) in [6.07, 6.45) is 2.65. The van der Waals surface area contributed by atoms with Gasteiger partial charge in [-0.15, -0.1) is 0 Å². The number of thiophene rings is 1. The lowest BCUT2D eigenvalue weighted by Crippen LogP contribution is -2.32. The van der Waals surface area contributed by atoms with Crippen molar-refractivity contribution in [2.45, 2.75) is 25.2 Å². The van der Waals surface area contributed by atoms with Gasteiger partial charge in [-0.05, 0) is 47.2 Å². The highest BCUT2D eigenvalue weighted by molar-refractivity contribution is 7.08. The maximum atomic E-state index is 3.52. The molecule has 2 heterocycles. The average molecular weight is 193 g/mol. The van der Waals surface area contributed by atoms with Crippen molar-refractivity contribution in [3.63, 3.8) is 0 Å². The Bertz CT molecular complexity index is 323. The van der Waals surface area contributed by atoms with Gasteiger partial charge in [-0.25, -0.2) is 0 Å². The van der Waals surface area contributed by atoms with Crippen molar-refractivity contribution in [2.24, 2.45) is 5.92 Å². The first-order valence-electron chi connectivity index (χ1n) is 5.09. The van der Waals surface area contributed by atoms with Crippen LogP contribution < -0.4 is 5.32 Å². The largest absolute Gasteiger partial charge is 0.316 e. The summed E-state index contributed by atoms with van der Waals surface area (Å²) in [6, 6.07) is 0. The van der Waals surface area contributed by atoms with Gasteiger partial charge in [0.05, 0.1) is 0 Å². The third kappa shape index (κ3) is 0.906. The fourth-order valence-electron chi connectivity index (χ4n) is 3.07. The molecule has 0 saturated carbocycles. The molecular weight excluding hydrogens is 178 g/mol. The minimum atomic E-state index is 0.509. The average Bonchev–Trinajstić information content (AvgIpc) is 2.72. The molecule has 2 aliphatic rings. The lowest BCUT2D eigenvalue weighted by molar-refractivity contribution is 0.344. The molecule has 0 amide bonds. The highest BCUT2D eigenvalue weighted by atomic mass is 32.1. The first kappa shape index (κ1) is 8.01. The minimum Gasteiger partial charge on any atom is -0.316 e. The van der Waals surface area contributed by atoms with E-state index in [1.54, 1.807) is 11.1 Å². The molecule has 1 N–H and O–H groups in total. The van der Waals surface area contributed by atoms with Gasteiger partial charge in [-0.3, -0.25) is 0 Å². The second kappa shape index (κ2) is 2.58. The Hall–Kier alpha value is -0.340. The second-order valence-corrected chi connectivity index (χ2v) is 5.24. The van der Waals surface area contributed by atoms with Crippen molar-refractivity contribution in [2.75, 3.05) is 13.1 Å². The molecular formula is C11H15NS. The zero-order valence-corrected chi connectivity index (χ0v) is 8.79. The molecule has 2 atom stereocenters. The normalized spacial score (nSPS) is 37.2. The Morgan fingerprint density at radius 1 is 1.54 bits per heavy atom. The van der Waals surface area contributed by atoms with Crippen molar-refractivity contribution in [3.05, 3.63) is 21.9 Å². The second-order valence-electron chi connectivity index (χ2n) is 4.50. The zero-order valence-electron chi connectivity index (χ0n) is 7.97. The smallest absolute Gasteiger partial charge is 0.0129 e. The van der Waals surface area contributed by atoms with Gasteiger partial charge >= 0.3 is 0 Å². The van der Waals surface area contributed by atoms with Gasteiger partial charge in [-0.1, -0.05) is 6.92 Å². The van der Waals surface area contributed by atoms with Gasteiger partial charge < -0.3 is 5.32 Å². The molecule has 13 heavy (non-hydrogen) atoms. The summed E-state index contributed by atoms with van der Waals surface area (Å²) < 4.78 is 0. The molecule has 1 fully saturated rings. The maximum Gasteiger partial charge on any atom is 0.0129 e. The molecule has 1 aromatic heterocycles. The number of hydrogen-bond donors (Lipinski definition) is 1. The number of hydrogen-bond acceptors (Lipinski definition) is 2. The molecule has 1 aliphatic carbocycles. The fourth-order valence-corrected chi connectivity index (χ4v) is 4.05. The van der Waals surface area contributed by atoms with Gasteiger partial charge in [0.1, 0.15) is 0 Å². The summed E-state index contributed by atoms with van der Waals surface area (Å²) in [5.41, 5.74) is 3.80. The molecule has 1 spiro atoms. The SMILES string of the molecule is CC1Cc2cscc2C12CCNC2. The Morgan fingerprint density at radius 2 is 2.46 bits per heavy atom. The van der Waals surface area contributed by atoms with Crippen molar-refractivity contribution in [3.8, 4) is 0 Å². The van der Waals surface area contributed by atoms with Crippen LogP contribution in [0, 0.1) is 5.92 Å². The Morgan fingerprint density at radius 3 is 3.23 bits per heavy atom. The molecule has 2 heteroatoms. The summed E-state index contributed by atoms with van der Waals surface area (Å²) in [5.74, 6) is 0.848. The van der Waals surface area contributed by atoms with Crippen molar-refractivity contribution >= 4 is 11.3 Å². The van der Waals surface area contributed by atoms with Crippen LogP contribution in [0.25, 0.3) is 0 Å². The molecule has 2 unspecified atom stereocenters. The molecule has 0 radical (unpaired) electrons. The van der Waals surface area contributed by atoms with Crippen LogP contribution >= 0.6 is 11.3 Å². The monoisotopic (exact) mass is 193 g/mol. The predicted octanol–water partition coefficient (Wildman–Crippen LogP) is 2.17. The molecule has 0 aromatic carbocycles. The number of nitrogens with one attached hydrogen (secondary N) is 1.